The molecule has 1 amide bonds. The Kier molecular flexibility index (Phi) is 6.51. The first-order valence-corrected chi connectivity index (χ1v) is 12.0. The van der Waals surface area contributed by atoms with E-state index in [1.165, 1.54) is 0 Å². The first-order chi connectivity index (χ1) is 13.7. The van der Waals surface area contributed by atoms with Gasteiger partial charge in [0.15, 0.2) is 15.8 Å². The normalized spacial score (nSPS) is 21.9. The number of sulfone groups is 1. The van der Waals surface area contributed by atoms with Crippen molar-refractivity contribution in [3.8, 4) is 0 Å². The Morgan fingerprint density at radius 3 is 2.52 bits per heavy atom. The monoisotopic (exact) mass is 420 g/mol. The first-order valence-electron chi connectivity index (χ1n) is 10.4. The van der Waals surface area contributed by atoms with Gasteiger partial charge in [-0.2, -0.15) is 0 Å². The Hall–Kier alpha value is -2.09. The minimum absolute atomic E-state index is 0.142. The topological polar surface area (TPSA) is 82.1 Å². The summed E-state index contributed by atoms with van der Waals surface area (Å²) in [5.74, 6) is 1.08. The second-order valence-corrected chi connectivity index (χ2v) is 11.1. The summed E-state index contributed by atoms with van der Waals surface area (Å²) < 4.78 is 23.8. The molecule has 3 rings (SSSR count). The summed E-state index contributed by atoms with van der Waals surface area (Å²) in [6.45, 7) is 8.45. The maximum absolute atomic E-state index is 12.3. The molecule has 0 unspecified atom stereocenters. The lowest BCUT2D eigenvalue weighted by Crippen LogP contribution is -2.57. The lowest BCUT2D eigenvalue weighted by atomic mass is 10.1. The van der Waals surface area contributed by atoms with Crippen LogP contribution in [0.15, 0.2) is 29.3 Å². The summed E-state index contributed by atoms with van der Waals surface area (Å²) in [6, 6.07) is 7.99. The Bertz CT molecular complexity index is 862. The third-order valence-electron chi connectivity index (χ3n) is 5.66. The van der Waals surface area contributed by atoms with Crippen LogP contribution in [-0.4, -0.2) is 61.9 Å². The number of piperidine rings is 1. The SMILES string of the molecule is CCNC(=NCc1ccc(N2CCCCC2=O)cc1)N1CCS(=O)(=O)C(C)(C)C1. The van der Waals surface area contributed by atoms with Gasteiger partial charge in [-0.1, -0.05) is 12.1 Å². The third kappa shape index (κ3) is 4.91. The third-order valence-corrected chi connectivity index (χ3v) is 8.19. The molecule has 2 saturated heterocycles. The van der Waals surface area contributed by atoms with Crippen molar-refractivity contribution in [2.75, 3.05) is 36.8 Å². The van der Waals surface area contributed by atoms with E-state index < -0.39 is 14.6 Å². The zero-order valence-electron chi connectivity index (χ0n) is 17.6. The molecule has 1 N–H and O–H groups in total. The minimum Gasteiger partial charge on any atom is -0.357 e. The van der Waals surface area contributed by atoms with Crippen LogP contribution in [0.4, 0.5) is 5.69 Å². The number of carbonyl (C=O) groups is 1. The molecular weight excluding hydrogens is 388 g/mol. The van der Waals surface area contributed by atoms with E-state index in [-0.39, 0.29) is 11.7 Å². The van der Waals surface area contributed by atoms with Crippen LogP contribution in [0.2, 0.25) is 0 Å². The molecule has 2 aliphatic heterocycles. The number of guanidine groups is 1. The quantitative estimate of drug-likeness (QED) is 0.596. The minimum atomic E-state index is -3.09. The summed E-state index contributed by atoms with van der Waals surface area (Å²) >= 11 is 0. The van der Waals surface area contributed by atoms with Crippen LogP contribution in [0.5, 0.6) is 0 Å². The first kappa shape index (κ1) is 21.6. The van der Waals surface area contributed by atoms with Gasteiger partial charge in [0, 0.05) is 38.3 Å². The Balaban J connectivity index is 1.69. The maximum Gasteiger partial charge on any atom is 0.226 e. The number of anilines is 1. The molecule has 2 aliphatic rings. The molecule has 2 heterocycles. The molecule has 29 heavy (non-hydrogen) atoms. The lowest BCUT2D eigenvalue weighted by molar-refractivity contribution is -0.119. The van der Waals surface area contributed by atoms with Crippen LogP contribution in [-0.2, 0) is 21.2 Å². The molecular formula is C21H32N4O3S. The molecule has 1 aromatic carbocycles. The molecule has 8 heteroatoms. The number of hydrogen-bond acceptors (Lipinski definition) is 4. The Morgan fingerprint density at radius 2 is 1.90 bits per heavy atom. The predicted molar refractivity (Wildman–Crippen MR) is 117 cm³/mol. The largest absolute Gasteiger partial charge is 0.357 e. The number of rotatable bonds is 4. The number of carbonyl (C=O) groups excluding carboxylic acids is 1. The fourth-order valence-corrected chi connectivity index (χ4v) is 5.14. The summed E-state index contributed by atoms with van der Waals surface area (Å²) in [5, 5.41) is 3.28. The molecule has 2 fully saturated rings. The van der Waals surface area contributed by atoms with Gasteiger partial charge in [-0.3, -0.25) is 4.79 Å². The standard InChI is InChI=1S/C21H32N4O3S/c1-4-22-20(24-13-14-29(27,28)21(2,3)16-24)23-15-17-8-10-18(11-9-17)25-12-6-5-7-19(25)26/h8-11H,4-7,12-16H2,1-3H3,(H,22,23). The summed E-state index contributed by atoms with van der Waals surface area (Å²) in [4.78, 5) is 20.7. The van der Waals surface area contributed by atoms with Gasteiger partial charge in [0.25, 0.3) is 0 Å². The average molecular weight is 421 g/mol. The zero-order valence-corrected chi connectivity index (χ0v) is 18.5. The van der Waals surface area contributed by atoms with E-state index >= 15 is 0 Å². The van der Waals surface area contributed by atoms with Crippen LogP contribution in [0, 0.1) is 0 Å². The number of benzene rings is 1. The van der Waals surface area contributed by atoms with Crippen LogP contribution < -0.4 is 10.2 Å². The van der Waals surface area contributed by atoms with E-state index in [2.05, 4.69) is 5.32 Å². The van der Waals surface area contributed by atoms with Gasteiger partial charge in [-0.25, -0.2) is 13.4 Å². The van der Waals surface area contributed by atoms with Crippen molar-refractivity contribution >= 4 is 27.4 Å². The van der Waals surface area contributed by atoms with Gasteiger partial charge in [-0.05, 0) is 51.3 Å². The molecule has 0 aromatic heterocycles. The van der Waals surface area contributed by atoms with E-state index in [9.17, 15) is 13.2 Å². The van der Waals surface area contributed by atoms with Gasteiger partial charge >= 0.3 is 0 Å². The summed E-state index contributed by atoms with van der Waals surface area (Å²) in [5.41, 5.74) is 2.00. The fourth-order valence-electron chi connectivity index (χ4n) is 3.78. The van der Waals surface area contributed by atoms with Crippen molar-refractivity contribution in [1.29, 1.82) is 0 Å². The average Bonchev–Trinajstić information content (AvgIpc) is 2.68. The van der Waals surface area contributed by atoms with E-state index in [0.717, 1.165) is 43.1 Å². The maximum atomic E-state index is 12.3. The van der Waals surface area contributed by atoms with Crippen molar-refractivity contribution in [3.05, 3.63) is 29.8 Å². The van der Waals surface area contributed by atoms with Crippen molar-refractivity contribution in [2.45, 2.75) is 51.3 Å². The highest BCUT2D eigenvalue weighted by Crippen LogP contribution is 2.24. The zero-order chi connectivity index (χ0) is 21.1. The number of amides is 1. The summed E-state index contributed by atoms with van der Waals surface area (Å²) in [6.07, 6.45) is 2.65. The van der Waals surface area contributed by atoms with E-state index in [1.807, 2.05) is 41.0 Å². The van der Waals surface area contributed by atoms with Crippen molar-refractivity contribution < 1.29 is 13.2 Å². The number of hydrogen-bond donors (Lipinski definition) is 1. The Labute approximate surface area is 174 Å². The molecule has 0 spiro atoms. The van der Waals surface area contributed by atoms with Crippen LogP contribution >= 0.6 is 0 Å². The highest BCUT2D eigenvalue weighted by atomic mass is 32.2. The fraction of sp³-hybridized carbons (Fsp3) is 0.619. The van der Waals surface area contributed by atoms with Crippen LogP contribution in [0.1, 0.15) is 45.6 Å². The molecule has 0 atom stereocenters. The van der Waals surface area contributed by atoms with Gasteiger partial charge in [0.05, 0.1) is 17.0 Å². The molecule has 160 valence electrons. The predicted octanol–water partition coefficient (Wildman–Crippen LogP) is 2.18. The van der Waals surface area contributed by atoms with Crippen molar-refractivity contribution in [3.63, 3.8) is 0 Å². The molecule has 0 aliphatic carbocycles. The second kappa shape index (κ2) is 8.73. The second-order valence-electron chi connectivity index (χ2n) is 8.34. The molecule has 7 nitrogen and oxygen atoms in total. The molecule has 0 saturated carbocycles. The van der Waals surface area contributed by atoms with Crippen molar-refractivity contribution in [2.24, 2.45) is 4.99 Å². The highest BCUT2D eigenvalue weighted by Gasteiger charge is 2.40. The number of nitrogens with one attached hydrogen (secondary N) is 1. The van der Waals surface area contributed by atoms with Crippen LogP contribution in [0.25, 0.3) is 0 Å². The molecule has 0 bridgehead atoms. The highest BCUT2D eigenvalue weighted by molar-refractivity contribution is 7.92. The van der Waals surface area contributed by atoms with Gasteiger partial charge in [0.1, 0.15) is 0 Å². The molecule has 0 radical (unpaired) electrons. The number of nitrogens with zero attached hydrogens (tertiary/aromatic N) is 3. The molecule has 1 aromatic rings. The van der Waals surface area contributed by atoms with E-state index in [0.29, 0.717) is 26.1 Å². The van der Waals surface area contributed by atoms with Gasteiger partial charge in [-0.15, -0.1) is 0 Å². The Morgan fingerprint density at radius 1 is 1.17 bits per heavy atom. The van der Waals surface area contributed by atoms with Crippen molar-refractivity contribution in [1.82, 2.24) is 10.2 Å². The van der Waals surface area contributed by atoms with Crippen LogP contribution in [0.3, 0.4) is 0 Å². The van der Waals surface area contributed by atoms with E-state index in [4.69, 9.17) is 4.99 Å². The smallest absolute Gasteiger partial charge is 0.226 e. The van der Waals surface area contributed by atoms with Gasteiger partial charge < -0.3 is 15.1 Å². The summed E-state index contributed by atoms with van der Waals surface area (Å²) in [7, 11) is -3.09. The van der Waals surface area contributed by atoms with Gasteiger partial charge in [0.2, 0.25) is 5.91 Å². The number of aliphatic imine (C=N–C) groups is 1. The van der Waals surface area contributed by atoms with E-state index in [1.54, 1.807) is 13.8 Å². The lowest BCUT2D eigenvalue weighted by Gasteiger charge is -2.39.